The van der Waals surface area contributed by atoms with Gasteiger partial charge in [-0.2, -0.15) is 0 Å². The SMILES string of the molecule is CCC(O)(CC)CCC[C@@H](C)[C@H]1CCC2C3=CC=C4C[C@@H](O)[C@@H](OCCCO)[C@H](O)[C@]4(C)C3CC[C@@]21C. The fourth-order valence-electron chi connectivity index (χ4n) is 9.07. The van der Waals surface area contributed by atoms with E-state index in [9.17, 15) is 15.3 Å². The lowest BCUT2D eigenvalue weighted by atomic mass is 9.49. The molecule has 5 nitrogen and oxygen atoms in total. The summed E-state index contributed by atoms with van der Waals surface area (Å²) in [6.07, 6.45) is 13.1. The van der Waals surface area contributed by atoms with Crippen molar-refractivity contribution >= 4 is 0 Å². The zero-order chi connectivity index (χ0) is 27.0. The Kier molecular flexibility index (Phi) is 9.02. The molecule has 4 aliphatic rings. The number of aliphatic hydroxyl groups is 4. The Morgan fingerprint density at radius 2 is 1.78 bits per heavy atom. The van der Waals surface area contributed by atoms with Crippen molar-refractivity contribution in [2.75, 3.05) is 13.2 Å². The molecule has 0 heterocycles. The average molecular weight is 519 g/mol. The first-order valence-electron chi connectivity index (χ1n) is 15.3. The third-order valence-corrected chi connectivity index (χ3v) is 11.7. The molecule has 4 aliphatic carbocycles. The van der Waals surface area contributed by atoms with Gasteiger partial charge in [0.15, 0.2) is 0 Å². The molecule has 0 aromatic heterocycles. The van der Waals surface area contributed by atoms with E-state index >= 15 is 0 Å². The van der Waals surface area contributed by atoms with Gasteiger partial charge in [-0.15, -0.1) is 0 Å². The van der Waals surface area contributed by atoms with Gasteiger partial charge in [0.25, 0.3) is 0 Å². The molecule has 4 N–H and O–H groups in total. The maximum atomic E-state index is 11.6. The summed E-state index contributed by atoms with van der Waals surface area (Å²) in [4.78, 5) is 0. The fourth-order valence-corrected chi connectivity index (χ4v) is 9.07. The van der Waals surface area contributed by atoms with Crippen molar-refractivity contribution < 1.29 is 25.2 Å². The first-order valence-corrected chi connectivity index (χ1v) is 15.3. The molecule has 5 heteroatoms. The van der Waals surface area contributed by atoms with Gasteiger partial charge in [-0.25, -0.2) is 0 Å². The molecule has 0 aromatic carbocycles. The number of allylic oxidation sites excluding steroid dienone is 3. The molecule has 212 valence electrons. The molecule has 0 bridgehead atoms. The molecular weight excluding hydrogens is 464 g/mol. The third-order valence-electron chi connectivity index (χ3n) is 11.7. The van der Waals surface area contributed by atoms with Crippen LogP contribution in [0.4, 0.5) is 0 Å². The molecule has 0 saturated heterocycles. The highest BCUT2D eigenvalue weighted by molar-refractivity contribution is 5.40. The summed E-state index contributed by atoms with van der Waals surface area (Å²) in [5.41, 5.74) is 2.05. The van der Waals surface area contributed by atoms with Gasteiger partial charge in [-0.1, -0.05) is 70.8 Å². The number of hydrogen-bond acceptors (Lipinski definition) is 5. The van der Waals surface area contributed by atoms with Gasteiger partial charge in [-0.05, 0) is 86.9 Å². The lowest BCUT2D eigenvalue weighted by Crippen LogP contribution is -2.59. The largest absolute Gasteiger partial charge is 0.396 e. The second-order valence-electron chi connectivity index (χ2n) is 13.4. The maximum absolute atomic E-state index is 11.6. The predicted octanol–water partition coefficient (Wildman–Crippen LogP) is 5.55. The van der Waals surface area contributed by atoms with Gasteiger partial charge < -0.3 is 25.2 Å². The van der Waals surface area contributed by atoms with E-state index in [-0.39, 0.29) is 17.9 Å². The summed E-state index contributed by atoms with van der Waals surface area (Å²) in [5, 5.41) is 42.4. The topological polar surface area (TPSA) is 90.2 Å². The highest BCUT2D eigenvalue weighted by Crippen LogP contribution is 2.66. The van der Waals surface area contributed by atoms with E-state index in [4.69, 9.17) is 9.84 Å². The fraction of sp³-hybridized carbons (Fsp3) is 0.875. The Morgan fingerprint density at radius 1 is 1.05 bits per heavy atom. The molecule has 2 unspecified atom stereocenters. The second-order valence-corrected chi connectivity index (χ2v) is 13.4. The molecule has 0 amide bonds. The Bertz CT molecular complexity index is 846. The van der Waals surface area contributed by atoms with E-state index in [1.165, 1.54) is 31.3 Å². The number of hydrogen-bond donors (Lipinski definition) is 4. The van der Waals surface area contributed by atoms with Crippen molar-refractivity contribution in [3.05, 3.63) is 23.3 Å². The molecule has 3 saturated carbocycles. The van der Waals surface area contributed by atoms with Gasteiger partial charge in [0.2, 0.25) is 0 Å². The van der Waals surface area contributed by atoms with Gasteiger partial charge >= 0.3 is 0 Å². The first kappa shape index (κ1) is 29.3. The van der Waals surface area contributed by atoms with Crippen LogP contribution >= 0.6 is 0 Å². The normalized spacial score (nSPS) is 40.4. The third kappa shape index (κ3) is 5.13. The van der Waals surface area contributed by atoms with Crippen molar-refractivity contribution in [2.24, 2.45) is 34.5 Å². The van der Waals surface area contributed by atoms with Crippen LogP contribution in [-0.2, 0) is 4.74 Å². The van der Waals surface area contributed by atoms with E-state index in [1.54, 1.807) is 0 Å². The summed E-state index contributed by atoms with van der Waals surface area (Å²) < 4.78 is 5.95. The molecule has 9 atom stereocenters. The Balaban J connectivity index is 1.49. The van der Waals surface area contributed by atoms with Crippen molar-refractivity contribution in [3.63, 3.8) is 0 Å². The maximum Gasteiger partial charge on any atom is 0.110 e. The van der Waals surface area contributed by atoms with Crippen molar-refractivity contribution in [1.29, 1.82) is 0 Å². The van der Waals surface area contributed by atoms with Crippen molar-refractivity contribution in [1.82, 2.24) is 0 Å². The van der Waals surface area contributed by atoms with Gasteiger partial charge in [0.1, 0.15) is 6.10 Å². The Morgan fingerprint density at radius 3 is 2.46 bits per heavy atom. The highest BCUT2D eigenvalue weighted by atomic mass is 16.5. The van der Waals surface area contributed by atoms with E-state index in [1.807, 2.05) is 0 Å². The number of fused-ring (bicyclic) bond motifs is 5. The van der Waals surface area contributed by atoms with Gasteiger partial charge in [0.05, 0.1) is 17.8 Å². The molecular formula is C32H54O5. The van der Waals surface area contributed by atoms with Crippen LogP contribution in [0.1, 0.15) is 105 Å². The minimum atomic E-state index is -0.758. The van der Waals surface area contributed by atoms with Crippen LogP contribution in [-0.4, -0.2) is 57.6 Å². The molecule has 0 aromatic rings. The first-order chi connectivity index (χ1) is 17.6. The monoisotopic (exact) mass is 518 g/mol. The molecule has 0 spiro atoms. The lowest BCUT2D eigenvalue weighted by Gasteiger charge is -2.57. The summed E-state index contributed by atoms with van der Waals surface area (Å²) in [6.45, 7) is 11.8. The van der Waals surface area contributed by atoms with Crippen LogP contribution in [0.5, 0.6) is 0 Å². The van der Waals surface area contributed by atoms with Crippen molar-refractivity contribution in [2.45, 2.75) is 129 Å². The Hall–Kier alpha value is -0.720. The van der Waals surface area contributed by atoms with Gasteiger partial charge in [-0.3, -0.25) is 0 Å². The summed E-state index contributed by atoms with van der Waals surface area (Å²) in [6, 6.07) is 0. The van der Waals surface area contributed by atoms with E-state index in [0.29, 0.717) is 37.2 Å². The van der Waals surface area contributed by atoms with Gasteiger partial charge in [0, 0.05) is 18.6 Å². The highest BCUT2D eigenvalue weighted by Gasteiger charge is 2.60. The molecule has 0 aliphatic heterocycles. The van der Waals surface area contributed by atoms with Crippen LogP contribution < -0.4 is 0 Å². The molecule has 4 rings (SSSR count). The smallest absolute Gasteiger partial charge is 0.110 e. The summed E-state index contributed by atoms with van der Waals surface area (Å²) in [7, 11) is 0. The minimum Gasteiger partial charge on any atom is -0.396 e. The second kappa shape index (κ2) is 11.4. The van der Waals surface area contributed by atoms with E-state index < -0.39 is 29.3 Å². The zero-order valence-corrected chi connectivity index (χ0v) is 24.1. The quantitative estimate of drug-likeness (QED) is 0.269. The summed E-state index contributed by atoms with van der Waals surface area (Å²) >= 11 is 0. The molecule has 0 radical (unpaired) electrons. The number of rotatable bonds is 11. The Labute approximate surface area is 225 Å². The average Bonchev–Trinajstić information content (AvgIpc) is 3.24. The van der Waals surface area contributed by atoms with Crippen LogP contribution in [0.3, 0.4) is 0 Å². The van der Waals surface area contributed by atoms with Crippen LogP contribution in [0.15, 0.2) is 23.3 Å². The molecule has 37 heavy (non-hydrogen) atoms. The lowest BCUT2D eigenvalue weighted by molar-refractivity contribution is -0.162. The predicted molar refractivity (Wildman–Crippen MR) is 148 cm³/mol. The number of aliphatic hydroxyl groups excluding tert-OH is 3. The minimum absolute atomic E-state index is 0.0504. The zero-order valence-electron chi connectivity index (χ0n) is 24.1. The standard InChI is InChI=1S/C32H54O5/c1-6-32(36,7-2)16-8-10-21(3)24-13-14-25-23-12-11-22-20-27(34)28(37-19-9-18-33)29(35)31(22,5)26(23)15-17-30(24,25)4/h11-12,21,24-29,33-36H,6-10,13-20H2,1-5H3/t21-,24-,25?,26?,27-,28-,29+,30-,31+/m1/s1. The van der Waals surface area contributed by atoms with Crippen LogP contribution in [0.25, 0.3) is 0 Å². The van der Waals surface area contributed by atoms with E-state index in [2.05, 4.69) is 46.8 Å². The van der Waals surface area contributed by atoms with Crippen LogP contribution in [0, 0.1) is 34.5 Å². The molecule has 3 fully saturated rings. The number of ether oxygens (including phenoxy) is 1. The van der Waals surface area contributed by atoms with Crippen LogP contribution in [0.2, 0.25) is 0 Å². The van der Waals surface area contributed by atoms with E-state index in [0.717, 1.165) is 37.7 Å². The van der Waals surface area contributed by atoms with Crippen molar-refractivity contribution in [3.8, 4) is 0 Å². The summed E-state index contributed by atoms with van der Waals surface area (Å²) in [5.74, 6) is 2.18.